The Hall–Kier alpha value is -2.11. The van der Waals surface area contributed by atoms with Crippen molar-refractivity contribution in [2.24, 2.45) is 0 Å². The van der Waals surface area contributed by atoms with E-state index >= 15 is 0 Å². The van der Waals surface area contributed by atoms with Crippen LogP contribution in [0.1, 0.15) is 39.2 Å². The Labute approximate surface area is 130 Å². The van der Waals surface area contributed by atoms with Crippen molar-refractivity contribution >= 4 is 12.0 Å². The number of amides is 2. The molecule has 120 valence electrons. The van der Waals surface area contributed by atoms with Crippen LogP contribution in [0.5, 0.6) is 0 Å². The molecule has 22 heavy (non-hydrogen) atoms. The minimum absolute atomic E-state index is 0.146. The van der Waals surface area contributed by atoms with Gasteiger partial charge in [-0.2, -0.15) is 0 Å². The Morgan fingerprint density at radius 3 is 2.86 bits per heavy atom. The minimum Gasteiger partial charge on any atom is -0.444 e. The van der Waals surface area contributed by atoms with E-state index in [4.69, 9.17) is 4.74 Å². The zero-order chi connectivity index (χ0) is 16.2. The van der Waals surface area contributed by atoms with Crippen LogP contribution >= 0.6 is 0 Å². The summed E-state index contributed by atoms with van der Waals surface area (Å²) >= 11 is 0. The lowest BCUT2D eigenvalue weighted by atomic mass is 10.2. The second kappa shape index (κ2) is 6.77. The van der Waals surface area contributed by atoms with Crippen LogP contribution in [0.3, 0.4) is 0 Å². The number of hydrogen-bond donors (Lipinski definition) is 1. The smallest absolute Gasteiger partial charge is 0.410 e. The van der Waals surface area contributed by atoms with E-state index in [1.807, 2.05) is 32.9 Å². The van der Waals surface area contributed by atoms with Crippen LogP contribution in [-0.4, -0.2) is 40.1 Å². The predicted molar refractivity (Wildman–Crippen MR) is 82.0 cm³/mol. The molecule has 1 N–H and O–H groups in total. The van der Waals surface area contributed by atoms with Crippen molar-refractivity contribution in [3.05, 3.63) is 30.1 Å². The third kappa shape index (κ3) is 4.44. The number of likely N-dealkylation sites (tertiary alicyclic amines) is 1. The third-order valence-electron chi connectivity index (χ3n) is 3.37. The first-order valence-corrected chi connectivity index (χ1v) is 7.53. The summed E-state index contributed by atoms with van der Waals surface area (Å²) in [7, 11) is 0. The molecule has 2 heterocycles. The Bertz CT molecular complexity index is 525. The van der Waals surface area contributed by atoms with Gasteiger partial charge in [-0.3, -0.25) is 14.7 Å². The van der Waals surface area contributed by atoms with E-state index in [0.717, 1.165) is 12.0 Å². The standard InChI is InChI=1S/C16H23N3O3/c1-16(2,3)22-15(21)19-9-5-7-13(19)14(20)18-11-12-6-4-8-17-10-12/h4,6,8,10,13H,5,7,9,11H2,1-3H3,(H,18,20). The monoisotopic (exact) mass is 305 g/mol. The molecule has 1 fully saturated rings. The van der Waals surface area contributed by atoms with Crippen LogP contribution in [0.4, 0.5) is 4.79 Å². The quantitative estimate of drug-likeness (QED) is 0.928. The van der Waals surface area contributed by atoms with Crippen LogP contribution < -0.4 is 5.32 Å². The summed E-state index contributed by atoms with van der Waals surface area (Å²) < 4.78 is 5.36. The van der Waals surface area contributed by atoms with Crippen LogP contribution in [0.25, 0.3) is 0 Å². The summed E-state index contributed by atoms with van der Waals surface area (Å²) in [5.41, 5.74) is 0.369. The molecule has 2 rings (SSSR count). The van der Waals surface area contributed by atoms with Gasteiger partial charge >= 0.3 is 6.09 Å². The number of hydrogen-bond acceptors (Lipinski definition) is 4. The first-order chi connectivity index (χ1) is 10.4. The van der Waals surface area contributed by atoms with Crippen molar-refractivity contribution in [3.8, 4) is 0 Å². The largest absolute Gasteiger partial charge is 0.444 e. The fraction of sp³-hybridized carbons (Fsp3) is 0.562. The van der Waals surface area contributed by atoms with Gasteiger partial charge in [0.05, 0.1) is 0 Å². The molecular weight excluding hydrogens is 282 g/mol. The molecule has 0 aromatic carbocycles. The molecule has 1 unspecified atom stereocenters. The fourth-order valence-corrected chi connectivity index (χ4v) is 2.39. The zero-order valence-electron chi connectivity index (χ0n) is 13.3. The first-order valence-electron chi connectivity index (χ1n) is 7.53. The van der Waals surface area contributed by atoms with Crippen LogP contribution in [0.15, 0.2) is 24.5 Å². The number of aromatic nitrogens is 1. The van der Waals surface area contributed by atoms with Gasteiger partial charge in [-0.1, -0.05) is 6.07 Å². The topological polar surface area (TPSA) is 71.5 Å². The maximum Gasteiger partial charge on any atom is 0.410 e. The number of ether oxygens (including phenoxy) is 1. The number of pyridine rings is 1. The van der Waals surface area contributed by atoms with Crippen LogP contribution in [-0.2, 0) is 16.1 Å². The molecule has 1 aliphatic heterocycles. The van der Waals surface area contributed by atoms with Crippen molar-refractivity contribution < 1.29 is 14.3 Å². The molecule has 0 saturated carbocycles. The number of carbonyl (C=O) groups is 2. The van der Waals surface area contributed by atoms with Gasteiger partial charge in [0.25, 0.3) is 0 Å². The summed E-state index contributed by atoms with van der Waals surface area (Å²) in [6, 6.07) is 3.27. The second-order valence-electron chi connectivity index (χ2n) is 6.41. The molecule has 1 saturated heterocycles. The number of nitrogens with one attached hydrogen (secondary N) is 1. The molecule has 0 aliphatic carbocycles. The number of carbonyl (C=O) groups excluding carboxylic acids is 2. The molecule has 1 aromatic heterocycles. The molecule has 1 aliphatic rings. The van der Waals surface area contributed by atoms with Crippen molar-refractivity contribution in [1.82, 2.24) is 15.2 Å². The first kappa shape index (κ1) is 16.3. The van der Waals surface area contributed by atoms with Gasteiger partial charge in [0.1, 0.15) is 11.6 Å². The molecule has 0 spiro atoms. The SMILES string of the molecule is CC(C)(C)OC(=O)N1CCCC1C(=O)NCc1cccnc1. The number of nitrogens with zero attached hydrogens (tertiary/aromatic N) is 2. The Balaban J connectivity index is 1.92. The lowest BCUT2D eigenvalue weighted by Crippen LogP contribution is -2.47. The average molecular weight is 305 g/mol. The van der Waals surface area contributed by atoms with E-state index in [1.165, 1.54) is 4.90 Å². The van der Waals surface area contributed by atoms with Crippen molar-refractivity contribution in [2.45, 2.75) is 51.8 Å². The lowest BCUT2D eigenvalue weighted by Gasteiger charge is -2.28. The van der Waals surface area contributed by atoms with Gasteiger partial charge in [0.2, 0.25) is 5.91 Å². The van der Waals surface area contributed by atoms with Gasteiger partial charge in [0, 0.05) is 25.5 Å². The summed E-state index contributed by atoms with van der Waals surface area (Å²) in [4.78, 5) is 30.0. The molecular formula is C16H23N3O3. The maximum absolute atomic E-state index is 12.3. The Morgan fingerprint density at radius 1 is 1.45 bits per heavy atom. The highest BCUT2D eigenvalue weighted by atomic mass is 16.6. The van der Waals surface area contributed by atoms with E-state index in [0.29, 0.717) is 19.5 Å². The molecule has 6 nitrogen and oxygen atoms in total. The molecule has 2 amide bonds. The van der Waals surface area contributed by atoms with Crippen LogP contribution in [0.2, 0.25) is 0 Å². The normalized spacial score (nSPS) is 18.1. The molecule has 1 aromatic rings. The molecule has 0 bridgehead atoms. The molecule has 0 radical (unpaired) electrons. The fourth-order valence-electron chi connectivity index (χ4n) is 2.39. The predicted octanol–water partition coefficient (Wildman–Crippen LogP) is 2.10. The highest BCUT2D eigenvalue weighted by Crippen LogP contribution is 2.21. The van der Waals surface area contributed by atoms with E-state index < -0.39 is 17.7 Å². The summed E-state index contributed by atoms with van der Waals surface area (Å²) in [5.74, 6) is -0.146. The van der Waals surface area contributed by atoms with Gasteiger partial charge in [-0.25, -0.2) is 4.79 Å². The second-order valence-corrected chi connectivity index (χ2v) is 6.41. The van der Waals surface area contributed by atoms with Crippen LogP contribution in [0, 0.1) is 0 Å². The van der Waals surface area contributed by atoms with Crippen molar-refractivity contribution in [2.75, 3.05) is 6.54 Å². The third-order valence-corrected chi connectivity index (χ3v) is 3.37. The average Bonchev–Trinajstić information content (AvgIpc) is 2.93. The summed E-state index contributed by atoms with van der Waals surface area (Å²) in [5, 5.41) is 2.86. The molecule has 1 atom stereocenters. The Kier molecular flexibility index (Phi) is 5.00. The Morgan fingerprint density at radius 2 is 2.23 bits per heavy atom. The van der Waals surface area contributed by atoms with Gasteiger partial charge < -0.3 is 10.1 Å². The van der Waals surface area contributed by atoms with Gasteiger partial charge in [-0.05, 0) is 45.2 Å². The summed E-state index contributed by atoms with van der Waals surface area (Å²) in [6.45, 7) is 6.42. The maximum atomic E-state index is 12.3. The minimum atomic E-state index is -0.559. The zero-order valence-corrected chi connectivity index (χ0v) is 13.3. The highest BCUT2D eigenvalue weighted by molar-refractivity contribution is 5.86. The van der Waals surface area contributed by atoms with Gasteiger partial charge in [-0.15, -0.1) is 0 Å². The lowest BCUT2D eigenvalue weighted by molar-refractivity contribution is -0.125. The number of rotatable bonds is 3. The van der Waals surface area contributed by atoms with E-state index in [1.54, 1.807) is 12.4 Å². The molecule has 6 heteroatoms. The van der Waals surface area contributed by atoms with E-state index in [9.17, 15) is 9.59 Å². The van der Waals surface area contributed by atoms with Gasteiger partial charge in [0.15, 0.2) is 0 Å². The highest BCUT2D eigenvalue weighted by Gasteiger charge is 2.36. The van der Waals surface area contributed by atoms with Crippen molar-refractivity contribution in [1.29, 1.82) is 0 Å². The van der Waals surface area contributed by atoms with E-state index in [-0.39, 0.29) is 5.91 Å². The van der Waals surface area contributed by atoms with E-state index in [2.05, 4.69) is 10.3 Å². The van der Waals surface area contributed by atoms with Crippen molar-refractivity contribution in [3.63, 3.8) is 0 Å². The summed E-state index contributed by atoms with van der Waals surface area (Å²) in [6.07, 6.45) is 4.45.